The lowest BCUT2D eigenvalue weighted by atomic mass is 10.0. The molecule has 0 bridgehead atoms. The second-order valence-corrected chi connectivity index (χ2v) is 4.68. The van der Waals surface area contributed by atoms with Crippen LogP contribution < -0.4 is 5.32 Å². The number of methoxy groups -OCH3 is 1. The Morgan fingerprint density at radius 1 is 1.20 bits per heavy atom. The van der Waals surface area contributed by atoms with Gasteiger partial charge < -0.3 is 14.8 Å². The van der Waals surface area contributed by atoms with E-state index < -0.39 is 0 Å². The van der Waals surface area contributed by atoms with Gasteiger partial charge >= 0.3 is 5.97 Å². The average Bonchev–Trinajstić information content (AvgIpc) is 2.47. The van der Waals surface area contributed by atoms with Gasteiger partial charge in [0.15, 0.2) is 0 Å². The first kappa shape index (κ1) is 16.5. The molecule has 0 unspecified atom stereocenters. The van der Waals surface area contributed by atoms with Gasteiger partial charge in [0.2, 0.25) is 0 Å². The van der Waals surface area contributed by atoms with Gasteiger partial charge in [0, 0.05) is 12.8 Å². The highest BCUT2D eigenvalue weighted by Gasteiger charge is 2.16. The smallest absolute Gasteiger partial charge is 0.328 e. The molecule has 112 valence electrons. The van der Waals surface area contributed by atoms with E-state index in [-0.39, 0.29) is 18.6 Å². The molecule has 1 atom stereocenters. The summed E-state index contributed by atoms with van der Waals surface area (Å²) in [5.41, 5.74) is 3.51. The quantitative estimate of drug-likeness (QED) is 0.587. The zero-order chi connectivity index (χ0) is 15.0. The van der Waals surface area contributed by atoms with Crippen LogP contribution in [0, 0.1) is 0 Å². The number of aryl methyl sites for hydroxylation is 2. The molecule has 4 heteroatoms. The van der Waals surface area contributed by atoms with Gasteiger partial charge in [-0.3, -0.25) is 0 Å². The minimum absolute atomic E-state index is 0.255. The van der Waals surface area contributed by atoms with Gasteiger partial charge in [-0.05, 0) is 30.9 Å². The second kappa shape index (κ2) is 8.59. The van der Waals surface area contributed by atoms with E-state index in [9.17, 15) is 4.79 Å². The lowest BCUT2D eigenvalue weighted by molar-refractivity contribution is -0.145. The molecule has 1 aromatic carbocycles. The number of para-hydroxylation sites is 1. The molecule has 0 aromatic heterocycles. The van der Waals surface area contributed by atoms with Crippen molar-refractivity contribution in [3.63, 3.8) is 0 Å². The molecule has 4 nitrogen and oxygen atoms in total. The number of benzene rings is 1. The van der Waals surface area contributed by atoms with Crippen LogP contribution in [0.4, 0.5) is 5.69 Å². The van der Waals surface area contributed by atoms with E-state index in [2.05, 4.69) is 37.4 Å². The minimum Gasteiger partial charge on any atom is -0.462 e. The Kier molecular flexibility index (Phi) is 7.09. The third-order valence-electron chi connectivity index (χ3n) is 3.25. The predicted octanol–water partition coefficient (Wildman–Crippen LogP) is 2.80. The lowest BCUT2D eigenvalue weighted by Gasteiger charge is -2.19. The zero-order valence-electron chi connectivity index (χ0n) is 12.9. The summed E-state index contributed by atoms with van der Waals surface area (Å²) in [5.74, 6) is -0.255. The van der Waals surface area contributed by atoms with Gasteiger partial charge in [-0.2, -0.15) is 0 Å². The molecule has 0 aliphatic carbocycles. The van der Waals surface area contributed by atoms with Crippen molar-refractivity contribution < 1.29 is 14.3 Å². The van der Waals surface area contributed by atoms with E-state index in [4.69, 9.17) is 9.47 Å². The molecule has 1 rings (SSSR count). The van der Waals surface area contributed by atoms with Crippen molar-refractivity contribution in [2.75, 3.05) is 25.6 Å². The van der Waals surface area contributed by atoms with Crippen molar-refractivity contribution in [2.24, 2.45) is 0 Å². The van der Waals surface area contributed by atoms with Gasteiger partial charge in [0.05, 0.1) is 6.61 Å². The monoisotopic (exact) mass is 279 g/mol. The number of carbonyl (C=O) groups excluding carboxylic acids is 1. The summed E-state index contributed by atoms with van der Waals surface area (Å²) >= 11 is 0. The molecule has 0 fully saturated rings. The summed E-state index contributed by atoms with van der Waals surface area (Å²) in [4.78, 5) is 11.9. The first-order valence-corrected chi connectivity index (χ1v) is 7.16. The number of hydrogen-bond acceptors (Lipinski definition) is 4. The molecule has 0 radical (unpaired) electrons. The van der Waals surface area contributed by atoms with E-state index >= 15 is 0 Å². The Bertz CT molecular complexity index is 409. The number of ether oxygens (including phenoxy) is 2. The van der Waals surface area contributed by atoms with Crippen LogP contribution in [0.2, 0.25) is 0 Å². The van der Waals surface area contributed by atoms with Crippen LogP contribution in [-0.2, 0) is 27.1 Å². The Hall–Kier alpha value is -1.55. The molecular formula is C16H25NO3. The highest BCUT2D eigenvalue weighted by molar-refractivity contribution is 5.79. The highest BCUT2D eigenvalue weighted by atomic mass is 16.6. The van der Waals surface area contributed by atoms with Crippen LogP contribution >= 0.6 is 0 Å². The standard InChI is InChI=1S/C16H25NO3/c1-5-13-8-7-9-14(6-2)15(13)17-12(3)16(18)20-11-10-19-4/h7-9,12,17H,5-6,10-11H2,1-4H3/t12-/m0/s1. The van der Waals surface area contributed by atoms with E-state index in [1.54, 1.807) is 7.11 Å². The molecule has 1 aromatic rings. The Morgan fingerprint density at radius 3 is 2.30 bits per heavy atom. The summed E-state index contributed by atoms with van der Waals surface area (Å²) < 4.78 is 10.0. The normalized spacial score (nSPS) is 12.0. The van der Waals surface area contributed by atoms with Crippen molar-refractivity contribution in [3.8, 4) is 0 Å². The molecule has 0 aliphatic heterocycles. The Balaban J connectivity index is 2.74. The highest BCUT2D eigenvalue weighted by Crippen LogP contribution is 2.23. The number of rotatable bonds is 8. The van der Waals surface area contributed by atoms with Gasteiger partial charge in [-0.1, -0.05) is 32.0 Å². The molecule has 0 heterocycles. The molecule has 0 saturated carbocycles. The maximum absolute atomic E-state index is 11.9. The topological polar surface area (TPSA) is 47.6 Å². The summed E-state index contributed by atoms with van der Waals surface area (Å²) in [5, 5.41) is 3.29. The zero-order valence-corrected chi connectivity index (χ0v) is 12.9. The molecule has 1 N–H and O–H groups in total. The van der Waals surface area contributed by atoms with Crippen molar-refractivity contribution in [3.05, 3.63) is 29.3 Å². The maximum Gasteiger partial charge on any atom is 0.328 e. The van der Waals surface area contributed by atoms with Gasteiger partial charge in [-0.15, -0.1) is 0 Å². The summed E-state index contributed by atoms with van der Waals surface area (Å²) in [6, 6.07) is 5.86. The molecular weight excluding hydrogens is 254 g/mol. The van der Waals surface area contributed by atoms with Crippen molar-refractivity contribution in [2.45, 2.75) is 39.7 Å². The van der Waals surface area contributed by atoms with Crippen LogP contribution in [0.15, 0.2) is 18.2 Å². The van der Waals surface area contributed by atoms with E-state index in [1.165, 1.54) is 11.1 Å². The number of esters is 1. The minimum atomic E-state index is -0.371. The first-order valence-electron chi connectivity index (χ1n) is 7.16. The molecule has 0 aliphatic rings. The van der Waals surface area contributed by atoms with Gasteiger partial charge in [-0.25, -0.2) is 4.79 Å². The van der Waals surface area contributed by atoms with Crippen LogP contribution in [0.1, 0.15) is 31.9 Å². The molecule has 0 amide bonds. The first-order chi connectivity index (χ1) is 9.63. The second-order valence-electron chi connectivity index (χ2n) is 4.68. The van der Waals surface area contributed by atoms with E-state index in [1.807, 2.05) is 6.92 Å². The SMILES string of the molecule is CCc1cccc(CC)c1N[C@@H](C)C(=O)OCCOC. The van der Waals surface area contributed by atoms with Gasteiger partial charge in [0.25, 0.3) is 0 Å². The largest absolute Gasteiger partial charge is 0.462 e. The maximum atomic E-state index is 11.9. The number of carbonyl (C=O) groups is 1. The Labute approximate surface area is 121 Å². The molecule has 20 heavy (non-hydrogen) atoms. The van der Waals surface area contributed by atoms with E-state index in [0.29, 0.717) is 6.61 Å². The van der Waals surface area contributed by atoms with Gasteiger partial charge in [0.1, 0.15) is 12.6 Å². The third kappa shape index (κ3) is 4.53. The number of nitrogens with one attached hydrogen (secondary N) is 1. The number of hydrogen-bond donors (Lipinski definition) is 1. The van der Waals surface area contributed by atoms with E-state index in [0.717, 1.165) is 18.5 Å². The fourth-order valence-electron chi connectivity index (χ4n) is 2.05. The predicted molar refractivity (Wildman–Crippen MR) is 81.1 cm³/mol. The van der Waals surface area contributed by atoms with Crippen LogP contribution in [0.5, 0.6) is 0 Å². The Morgan fingerprint density at radius 2 is 1.80 bits per heavy atom. The van der Waals surface area contributed by atoms with Crippen molar-refractivity contribution in [1.29, 1.82) is 0 Å². The summed E-state index contributed by atoms with van der Waals surface area (Å²) in [6.07, 6.45) is 1.86. The third-order valence-corrected chi connectivity index (χ3v) is 3.25. The van der Waals surface area contributed by atoms with Crippen LogP contribution in [0.25, 0.3) is 0 Å². The fourth-order valence-corrected chi connectivity index (χ4v) is 2.05. The molecule has 0 saturated heterocycles. The number of anilines is 1. The van der Waals surface area contributed by atoms with Crippen LogP contribution in [-0.4, -0.2) is 32.3 Å². The van der Waals surface area contributed by atoms with Crippen LogP contribution in [0.3, 0.4) is 0 Å². The fraction of sp³-hybridized carbons (Fsp3) is 0.562. The summed E-state index contributed by atoms with van der Waals surface area (Å²) in [6.45, 7) is 6.76. The lowest BCUT2D eigenvalue weighted by Crippen LogP contribution is -2.30. The van der Waals surface area contributed by atoms with Crippen molar-refractivity contribution in [1.82, 2.24) is 0 Å². The van der Waals surface area contributed by atoms with Crippen molar-refractivity contribution >= 4 is 11.7 Å². The average molecular weight is 279 g/mol. The molecule has 0 spiro atoms. The summed E-state index contributed by atoms with van der Waals surface area (Å²) in [7, 11) is 1.58.